The molecule has 3 rings (SSSR count). The molecule has 1 atom stereocenters. The molecular formula is C19H22N4O5. The summed E-state index contributed by atoms with van der Waals surface area (Å²) in [5.41, 5.74) is 0.315. The van der Waals surface area contributed by atoms with Gasteiger partial charge in [0.2, 0.25) is 11.8 Å². The van der Waals surface area contributed by atoms with Gasteiger partial charge in [-0.1, -0.05) is 12.1 Å². The number of imide groups is 2. The van der Waals surface area contributed by atoms with Crippen LogP contribution in [0.5, 0.6) is 0 Å². The number of benzene rings is 1. The highest BCUT2D eigenvalue weighted by atomic mass is 16.2. The monoisotopic (exact) mass is 386 g/mol. The van der Waals surface area contributed by atoms with Crippen molar-refractivity contribution in [2.45, 2.75) is 51.7 Å². The third-order valence-electron chi connectivity index (χ3n) is 4.51. The summed E-state index contributed by atoms with van der Waals surface area (Å²) in [6.45, 7) is 5.49. The highest BCUT2D eigenvalue weighted by molar-refractivity contribution is 6.14. The third-order valence-corrected chi connectivity index (χ3v) is 4.51. The molecule has 9 nitrogen and oxygen atoms in total. The van der Waals surface area contributed by atoms with Gasteiger partial charge in [0.15, 0.2) is 0 Å². The van der Waals surface area contributed by atoms with E-state index in [1.165, 1.54) is 11.0 Å². The average molecular weight is 386 g/mol. The molecular weight excluding hydrogens is 364 g/mol. The Labute approximate surface area is 161 Å². The fraction of sp³-hybridized carbons (Fsp3) is 0.421. The number of rotatable bonds is 2. The van der Waals surface area contributed by atoms with E-state index in [1.807, 2.05) is 0 Å². The van der Waals surface area contributed by atoms with E-state index in [1.54, 1.807) is 32.9 Å². The first kappa shape index (κ1) is 19.5. The van der Waals surface area contributed by atoms with Gasteiger partial charge in [0, 0.05) is 18.5 Å². The minimum Gasteiger partial charge on any atom is -0.333 e. The van der Waals surface area contributed by atoms with Crippen LogP contribution < -0.4 is 16.0 Å². The lowest BCUT2D eigenvalue weighted by Crippen LogP contribution is -2.52. The number of carbonyl (C=O) groups excluding carboxylic acids is 5. The number of nitrogens with one attached hydrogen (secondary N) is 3. The Hall–Kier alpha value is -3.23. The number of piperidine rings is 1. The fourth-order valence-corrected chi connectivity index (χ4v) is 3.35. The Morgan fingerprint density at radius 3 is 2.54 bits per heavy atom. The smallest absolute Gasteiger partial charge is 0.322 e. The van der Waals surface area contributed by atoms with Gasteiger partial charge in [0.05, 0.1) is 11.1 Å². The lowest BCUT2D eigenvalue weighted by Gasteiger charge is -2.29. The van der Waals surface area contributed by atoms with E-state index in [0.717, 1.165) is 0 Å². The molecule has 0 radical (unpaired) electrons. The lowest BCUT2D eigenvalue weighted by atomic mass is 10.0. The molecule has 2 aliphatic heterocycles. The molecule has 9 heteroatoms. The van der Waals surface area contributed by atoms with Gasteiger partial charge < -0.3 is 10.2 Å². The summed E-state index contributed by atoms with van der Waals surface area (Å²) in [4.78, 5) is 62.3. The zero-order valence-corrected chi connectivity index (χ0v) is 15.9. The second-order valence-electron chi connectivity index (χ2n) is 7.90. The van der Waals surface area contributed by atoms with Gasteiger partial charge in [-0.25, -0.2) is 4.79 Å². The Morgan fingerprint density at radius 1 is 1.18 bits per heavy atom. The number of nitrogens with zero attached hydrogens (tertiary/aromatic N) is 1. The minimum atomic E-state index is -0.766. The number of amides is 6. The summed E-state index contributed by atoms with van der Waals surface area (Å²) < 4.78 is 0. The zero-order chi connectivity index (χ0) is 20.6. The highest BCUT2D eigenvalue weighted by Gasteiger charge is 2.40. The SMILES string of the molecule is CC(C)(C)NC(=O)NC(=O)c1cccc2c1C(=O)N(C1CCC(=O)NC1=O)C2. The van der Waals surface area contributed by atoms with E-state index in [9.17, 15) is 24.0 Å². The molecule has 6 amide bonds. The van der Waals surface area contributed by atoms with Crippen LogP contribution in [0.25, 0.3) is 0 Å². The molecule has 148 valence electrons. The van der Waals surface area contributed by atoms with Crippen molar-refractivity contribution in [3.8, 4) is 0 Å². The topological polar surface area (TPSA) is 125 Å². The molecule has 0 spiro atoms. The van der Waals surface area contributed by atoms with Crippen molar-refractivity contribution in [2.24, 2.45) is 0 Å². The normalized spacial score (nSPS) is 19.2. The van der Waals surface area contributed by atoms with E-state index in [2.05, 4.69) is 16.0 Å². The molecule has 0 aromatic heterocycles. The van der Waals surface area contributed by atoms with Crippen LogP contribution in [0, 0.1) is 0 Å². The van der Waals surface area contributed by atoms with E-state index in [0.29, 0.717) is 5.56 Å². The van der Waals surface area contributed by atoms with Gasteiger partial charge in [0.25, 0.3) is 11.8 Å². The molecule has 1 aromatic rings. The van der Waals surface area contributed by atoms with Crippen LogP contribution in [0.2, 0.25) is 0 Å². The molecule has 0 saturated carbocycles. The van der Waals surface area contributed by atoms with Crippen LogP contribution in [0.1, 0.15) is 59.9 Å². The summed E-state index contributed by atoms with van der Waals surface area (Å²) in [6, 6.07) is 3.35. The minimum absolute atomic E-state index is 0.0707. The van der Waals surface area contributed by atoms with Crippen molar-refractivity contribution in [3.05, 3.63) is 34.9 Å². The number of hydrogen-bond acceptors (Lipinski definition) is 5. The molecule has 28 heavy (non-hydrogen) atoms. The highest BCUT2D eigenvalue weighted by Crippen LogP contribution is 2.29. The standard InChI is InChI=1S/C19H22N4O5/c1-19(2,3)22-18(28)21-15(25)11-6-4-5-10-9-23(17(27)14(10)11)12-7-8-13(24)20-16(12)26/h4-6,12H,7-9H2,1-3H3,(H,20,24,26)(H2,21,22,25,28). The van der Waals surface area contributed by atoms with Gasteiger partial charge >= 0.3 is 6.03 Å². The molecule has 3 N–H and O–H groups in total. The molecule has 1 aromatic carbocycles. The summed E-state index contributed by atoms with van der Waals surface area (Å²) in [5, 5.41) is 7.08. The molecule has 1 fully saturated rings. The van der Waals surface area contributed by atoms with Gasteiger partial charge in [-0.3, -0.25) is 29.8 Å². The molecule has 2 aliphatic rings. The molecule has 2 heterocycles. The first-order valence-corrected chi connectivity index (χ1v) is 8.97. The van der Waals surface area contributed by atoms with Gasteiger partial charge in [-0.05, 0) is 38.8 Å². The van der Waals surface area contributed by atoms with Crippen LogP contribution in [-0.4, -0.2) is 46.1 Å². The van der Waals surface area contributed by atoms with Crippen molar-refractivity contribution in [1.29, 1.82) is 0 Å². The van der Waals surface area contributed by atoms with Crippen LogP contribution in [0.3, 0.4) is 0 Å². The summed E-state index contributed by atoms with van der Waals surface area (Å²) in [5.74, 6) is -2.05. The fourth-order valence-electron chi connectivity index (χ4n) is 3.35. The summed E-state index contributed by atoms with van der Waals surface area (Å²) in [7, 11) is 0. The van der Waals surface area contributed by atoms with Gasteiger partial charge in [-0.15, -0.1) is 0 Å². The predicted octanol–water partition coefficient (Wildman–Crippen LogP) is 0.685. The summed E-state index contributed by atoms with van der Waals surface area (Å²) in [6.07, 6.45) is 0.386. The maximum absolute atomic E-state index is 12.9. The quantitative estimate of drug-likeness (QED) is 0.645. The Morgan fingerprint density at radius 2 is 1.89 bits per heavy atom. The predicted molar refractivity (Wildman–Crippen MR) is 98.2 cm³/mol. The molecule has 0 aliphatic carbocycles. The summed E-state index contributed by atoms with van der Waals surface area (Å²) >= 11 is 0. The van der Waals surface area contributed by atoms with Crippen molar-refractivity contribution in [2.75, 3.05) is 0 Å². The first-order valence-electron chi connectivity index (χ1n) is 8.97. The van der Waals surface area contributed by atoms with Crippen LogP contribution >= 0.6 is 0 Å². The van der Waals surface area contributed by atoms with Crippen molar-refractivity contribution >= 4 is 29.7 Å². The Bertz CT molecular complexity index is 887. The molecule has 1 unspecified atom stereocenters. The Balaban J connectivity index is 1.81. The lowest BCUT2D eigenvalue weighted by molar-refractivity contribution is -0.136. The second-order valence-corrected chi connectivity index (χ2v) is 7.90. The maximum atomic E-state index is 12.9. The maximum Gasteiger partial charge on any atom is 0.322 e. The van der Waals surface area contributed by atoms with Crippen molar-refractivity contribution in [1.82, 2.24) is 20.9 Å². The number of hydrogen-bond donors (Lipinski definition) is 3. The largest absolute Gasteiger partial charge is 0.333 e. The zero-order valence-electron chi connectivity index (χ0n) is 15.9. The number of carbonyl (C=O) groups is 5. The Kier molecular flexibility index (Phi) is 4.93. The molecule has 1 saturated heterocycles. The third kappa shape index (κ3) is 3.88. The van der Waals surface area contributed by atoms with Crippen LogP contribution in [0.4, 0.5) is 4.79 Å². The number of urea groups is 1. The molecule has 0 bridgehead atoms. The van der Waals surface area contributed by atoms with Gasteiger partial charge in [0.1, 0.15) is 6.04 Å². The van der Waals surface area contributed by atoms with E-state index < -0.39 is 35.3 Å². The first-order chi connectivity index (χ1) is 13.1. The van der Waals surface area contributed by atoms with Crippen LogP contribution in [0.15, 0.2) is 18.2 Å². The van der Waals surface area contributed by atoms with Crippen molar-refractivity contribution in [3.63, 3.8) is 0 Å². The number of fused-ring (bicyclic) bond motifs is 1. The van der Waals surface area contributed by atoms with E-state index >= 15 is 0 Å². The van der Waals surface area contributed by atoms with Gasteiger partial charge in [-0.2, -0.15) is 0 Å². The second kappa shape index (κ2) is 7.06. The average Bonchev–Trinajstić information content (AvgIpc) is 2.90. The van der Waals surface area contributed by atoms with Crippen molar-refractivity contribution < 1.29 is 24.0 Å². The van der Waals surface area contributed by atoms with Crippen LogP contribution in [-0.2, 0) is 16.1 Å². The van der Waals surface area contributed by atoms with E-state index in [4.69, 9.17) is 0 Å². The van der Waals surface area contributed by atoms with E-state index in [-0.39, 0.29) is 36.4 Å².